The smallest absolute Gasteiger partial charge is 0.258 e. The van der Waals surface area contributed by atoms with E-state index in [1.165, 1.54) is 0 Å². The van der Waals surface area contributed by atoms with E-state index in [1.807, 2.05) is 0 Å². The first-order valence-electron chi connectivity index (χ1n) is 6.10. The van der Waals surface area contributed by atoms with Crippen LogP contribution in [0.25, 0.3) is 0 Å². The number of carbonyl (C=O) groups is 1. The van der Waals surface area contributed by atoms with Crippen molar-refractivity contribution in [3.05, 3.63) is 28.2 Å². The maximum atomic E-state index is 11.7. The molecule has 1 aromatic rings. The maximum Gasteiger partial charge on any atom is 0.258 e. The van der Waals surface area contributed by atoms with Gasteiger partial charge < -0.3 is 14.8 Å². The van der Waals surface area contributed by atoms with Crippen molar-refractivity contribution < 1.29 is 14.3 Å². The number of amides is 1. The largest absolute Gasteiger partial charge is 0.482 e. The first-order valence-corrected chi connectivity index (χ1v) is 6.85. The molecule has 1 atom stereocenters. The minimum Gasteiger partial charge on any atom is -0.482 e. The Hall–Kier alpha value is -0.970. The van der Waals surface area contributed by atoms with Crippen LogP contribution < -0.4 is 10.1 Å². The van der Waals surface area contributed by atoms with Gasteiger partial charge in [0.25, 0.3) is 5.91 Å². The van der Waals surface area contributed by atoms with E-state index in [2.05, 4.69) is 5.32 Å². The fourth-order valence-electron chi connectivity index (χ4n) is 1.86. The molecule has 0 spiro atoms. The quantitative estimate of drug-likeness (QED) is 0.930. The highest BCUT2D eigenvalue weighted by Crippen LogP contribution is 2.27. The molecule has 19 heavy (non-hydrogen) atoms. The summed E-state index contributed by atoms with van der Waals surface area (Å²) in [6.45, 7) is 1.26. The van der Waals surface area contributed by atoms with E-state index in [0.29, 0.717) is 22.4 Å². The summed E-state index contributed by atoms with van der Waals surface area (Å²) in [5.74, 6) is 0.266. The molecule has 6 heteroatoms. The third-order valence-electron chi connectivity index (χ3n) is 2.78. The molecule has 1 aliphatic rings. The summed E-state index contributed by atoms with van der Waals surface area (Å²) in [5, 5.41) is 3.78. The summed E-state index contributed by atoms with van der Waals surface area (Å²) in [4.78, 5) is 11.7. The lowest BCUT2D eigenvalue weighted by molar-refractivity contribution is -0.124. The molecule has 1 amide bonds. The van der Waals surface area contributed by atoms with Crippen LogP contribution in [0.4, 0.5) is 0 Å². The second-order valence-electron chi connectivity index (χ2n) is 4.34. The Bertz CT molecular complexity index is 448. The van der Waals surface area contributed by atoms with Gasteiger partial charge in [0.15, 0.2) is 6.61 Å². The van der Waals surface area contributed by atoms with Crippen LogP contribution in [-0.2, 0) is 9.53 Å². The molecule has 0 radical (unpaired) electrons. The van der Waals surface area contributed by atoms with E-state index in [0.717, 1.165) is 19.4 Å². The molecule has 0 aliphatic carbocycles. The van der Waals surface area contributed by atoms with E-state index < -0.39 is 0 Å². The van der Waals surface area contributed by atoms with Crippen molar-refractivity contribution in [3.63, 3.8) is 0 Å². The number of hydrogen-bond donors (Lipinski definition) is 1. The van der Waals surface area contributed by atoms with Crippen molar-refractivity contribution in [2.75, 3.05) is 19.8 Å². The number of rotatable bonds is 4. The zero-order chi connectivity index (χ0) is 13.7. The molecule has 104 valence electrons. The predicted molar refractivity (Wildman–Crippen MR) is 73.9 cm³/mol. The van der Waals surface area contributed by atoms with E-state index in [-0.39, 0.29) is 18.6 Å². The van der Waals surface area contributed by atoms with Crippen LogP contribution in [0.2, 0.25) is 10.0 Å². The van der Waals surface area contributed by atoms with Gasteiger partial charge in [-0.3, -0.25) is 4.79 Å². The lowest BCUT2D eigenvalue weighted by atomic mass is 10.1. The maximum absolute atomic E-state index is 11.7. The molecule has 1 heterocycles. The van der Waals surface area contributed by atoms with Gasteiger partial charge in [0, 0.05) is 11.6 Å². The third kappa shape index (κ3) is 4.56. The van der Waals surface area contributed by atoms with Crippen LogP contribution in [0.15, 0.2) is 18.2 Å². The van der Waals surface area contributed by atoms with Crippen molar-refractivity contribution in [1.82, 2.24) is 5.32 Å². The van der Waals surface area contributed by atoms with E-state index in [9.17, 15) is 4.79 Å². The predicted octanol–water partition coefficient (Wildman–Crippen LogP) is 2.67. The third-order valence-corrected chi connectivity index (χ3v) is 3.31. The Kier molecular flexibility index (Phi) is 5.31. The molecule has 0 saturated carbocycles. The lowest BCUT2D eigenvalue weighted by Crippen LogP contribution is -2.42. The molecule has 0 unspecified atom stereocenters. The molecule has 1 saturated heterocycles. The van der Waals surface area contributed by atoms with E-state index in [1.54, 1.807) is 18.2 Å². The Labute approximate surface area is 122 Å². The first kappa shape index (κ1) is 14.4. The molecular weight excluding hydrogens is 289 g/mol. The van der Waals surface area contributed by atoms with Gasteiger partial charge in [-0.15, -0.1) is 0 Å². The van der Waals surface area contributed by atoms with Gasteiger partial charge in [0.1, 0.15) is 5.75 Å². The molecule has 1 aliphatic heterocycles. The Morgan fingerprint density at radius 2 is 2.32 bits per heavy atom. The second-order valence-corrected chi connectivity index (χ2v) is 5.19. The molecule has 1 N–H and O–H groups in total. The molecule has 1 fully saturated rings. The van der Waals surface area contributed by atoms with E-state index >= 15 is 0 Å². The van der Waals surface area contributed by atoms with E-state index in [4.69, 9.17) is 32.7 Å². The molecule has 2 rings (SSSR count). The number of ether oxygens (including phenoxy) is 2. The summed E-state index contributed by atoms with van der Waals surface area (Å²) >= 11 is 11.7. The van der Waals surface area contributed by atoms with Crippen molar-refractivity contribution in [3.8, 4) is 5.75 Å². The SMILES string of the molecule is O=C(COc1ccc(Cl)cc1Cl)N[C@@H]1CCCOC1. The average molecular weight is 304 g/mol. The number of hydrogen-bond acceptors (Lipinski definition) is 3. The van der Waals surface area contributed by atoms with Crippen LogP contribution in [-0.4, -0.2) is 31.8 Å². The summed E-state index contributed by atoms with van der Waals surface area (Å²) in [5.41, 5.74) is 0. The molecular formula is C13H15Cl2NO3. The van der Waals surface area contributed by atoms with Gasteiger partial charge in [-0.1, -0.05) is 23.2 Å². The Morgan fingerprint density at radius 1 is 1.47 bits per heavy atom. The monoisotopic (exact) mass is 303 g/mol. The summed E-state index contributed by atoms with van der Waals surface area (Å²) < 4.78 is 10.6. The Morgan fingerprint density at radius 3 is 3.00 bits per heavy atom. The van der Waals surface area contributed by atoms with Crippen LogP contribution >= 0.6 is 23.2 Å². The van der Waals surface area contributed by atoms with Crippen molar-refractivity contribution in [1.29, 1.82) is 0 Å². The second kappa shape index (κ2) is 6.98. The highest BCUT2D eigenvalue weighted by Gasteiger charge is 2.16. The van der Waals surface area contributed by atoms with Gasteiger partial charge in [-0.05, 0) is 31.0 Å². The number of carbonyl (C=O) groups excluding carboxylic acids is 1. The molecule has 0 aromatic heterocycles. The topological polar surface area (TPSA) is 47.6 Å². The zero-order valence-electron chi connectivity index (χ0n) is 10.3. The van der Waals surface area contributed by atoms with Crippen molar-refractivity contribution in [2.45, 2.75) is 18.9 Å². The minimum atomic E-state index is -0.179. The van der Waals surface area contributed by atoms with Gasteiger partial charge in [-0.2, -0.15) is 0 Å². The summed E-state index contributed by atoms with van der Waals surface area (Å²) in [7, 11) is 0. The van der Waals surface area contributed by atoms with Crippen LogP contribution in [0.5, 0.6) is 5.75 Å². The van der Waals surface area contributed by atoms with Gasteiger partial charge in [0.2, 0.25) is 0 Å². The Balaban J connectivity index is 1.79. The van der Waals surface area contributed by atoms with Crippen LogP contribution in [0, 0.1) is 0 Å². The first-order chi connectivity index (χ1) is 9.15. The van der Waals surface area contributed by atoms with Crippen molar-refractivity contribution in [2.24, 2.45) is 0 Å². The van der Waals surface area contributed by atoms with Gasteiger partial charge >= 0.3 is 0 Å². The molecule has 1 aromatic carbocycles. The van der Waals surface area contributed by atoms with Gasteiger partial charge in [-0.25, -0.2) is 0 Å². The average Bonchev–Trinajstić information content (AvgIpc) is 2.39. The highest BCUT2D eigenvalue weighted by atomic mass is 35.5. The fraction of sp³-hybridized carbons (Fsp3) is 0.462. The molecule has 4 nitrogen and oxygen atoms in total. The van der Waals surface area contributed by atoms with Crippen molar-refractivity contribution >= 4 is 29.1 Å². The lowest BCUT2D eigenvalue weighted by Gasteiger charge is -2.23. The number of halogens is 2. The number of nitrogens with one attached hydrogen (secondary N) is 1. The highest BCUT2D eigenvalue weighted by molar-refractivity contribution is 6.35. The molecule has 0 bridgehead atoms. The fourth-order valence-corrected chi connectivity index (χ4v) is 2.32. The van der Waals surface area contributed by atoms with Crippen LogP contribution in [0.3, 0.4) is 0 Å². The zero-order valence-corrected chi connectivity index (χ0v) is 11.8. The minimum absolute atomic E-state index is 0.0716. The standard InChI is InChI=1S/C13H15Cl2NO3/c14-9-3-4-12(11(15)6-9)19-8-13(17)16-10-2-1-5-18-7-10/h3-4,6,10H,1-2,5,7-8H2,(H,16,17)/t10-/m1/s1. The normalized spacial score (nSPS) is 18.9. The number of benzene rings is 1. The summed E-state index contributed by atoms with van der Waals surface area (Å²) in [6.07, 6.45) is 1.91. The summed E-state index contributed by atoms with van der Waals surface area (Å²) in [6, 6.07) is 4.95. The van der Waals surface area contributed by atoms with Crippen LogP contribution in [0.1, 0.15) is 12.8 Å². The van der Waals surface area contributed by atoms with Gasteiger partial charge in [0.05, 0.1) is 17.7 Å².